The minimum Gasteiger partial charge on any atom is -0.497 e. The first-order valence-corrected chi connectivity index (χ1v) is 9.82. The molecule has 0 bridgehead atoms. The van der Waals surface area contributed by atoms with Gasteiger partial charge in [-0.1, -0.05) is 6.07 Å². The van der Waals surface area contributed by atoms with Crippen molar-refractivity contribution in [2.75, 3.05) is 33.3 Å². The number of rotatable bonds is 3. The number of methoxy groups -OCH3 is 1. The van der Waals surface area contributed by atoms with Crippen LogP contribution in [0.25, 0.3) is 16.4 Å². The van der Waals surface area contributed by atoms with Crippen LogP contribution in [0.5, 0.6) is 5.75 Å². The van der Waals surface area contributed by atoms with E-state index in [9.17, 15) is 9.59 Å². The molecule has 1 aliphatic rings. The number of ether oxygens (including phenoxy) is 1. The monoisotopic (exact) mass is 403 g/mol. The molecule has 8 heteroatoms. The highest BCUT2D eigenvalue weighted by atomic mass is 16.5. The van der Waals surface area contributed by atoms with Crippen molar-refractivity contribution in [3.8, 4) is 5.75 Å². The Morgan fingerprint density at radius 1 is 1.00 bits per heavy atom. The summed E-state index contributed by atoms with van der Waals surface area (Å²) < 4.78 is 6.93. The maximum absolute atomic E-state index is 13.0. The van der Waals surface area contributed by atoms with Gasteiger partial charge in [-0.15, -0.1) is 0 Å². The number of carbonyl (C=O) groups is 2. The Labute approximate surface area is 172 Å². The van der Waals surface area contributed by atoms with Crippen molar-refractivity contribution in [3.05, 3.63) is 66.1 Å². The Bertz CT molecular complexity index is 1250. The number of amides is 2. The molecule has 0 spiro atoms. The largest absolute Gasteiger partial charge is 0.497 e. The van der Waals surface area contributed by atoms with Crippen molar-refractivity contribution in [1.29, 1.82) is 0 Å². The molecule has 4 aromatic rings. The maximum atomic E-state index is 13.0. The molecule has 0 radical (unpaired) electrons. The summed E-state index contributed by atoms with van der Waals surface area (Å²) in [6.07, 6.45) is 3.42. The Hall–Kier alpha value is -3.81. The number of hydrogen-bond donors (Lipinski definition) is 1. The van der Waals surface area contributed by atoms with Crippen LogP contribution in [0.15, 0.2) is 54.9 Å². The van der Waals surface area contributed by atoms with Gasteiger partial charge in [-0.05, 0) is 30.3 Å². The highest BCUT2D eigenvalue weighted by molar-refractivity contribution is 6.01. The summed E-state index contributed by atoms with van der Waals surface area (Å²) in [6, 6.07) is 13.2. The van der Waals surface area contributed by atoms with Crippen LogP contribution in [-0.4, -0.2) is 69.5 Å². The number of aromatic amines is 1. The van der Waals surface area contributed by atoms with Crippen LogP contribution in [0.1, 0.15) is 20.8 Å². The molecule has 1 fully saturated rings. The van der Waals surface area contributed by atoms with Crippen LogP contribution in [0.2, 0.25) is 0 Å². The Kier molecular flexibility index (Phi) is 4.39. The zero-order chi connectivity index (χ0) is 20.7. The van der Waals surface area contributed by atoms with E-state index < -0.39 is 0 Å². The molecule has 4 heterocycles. The van der Waals surface area contributed by atoms with Gasteiger partial charge in [0.15, 0.2) is 0 Å². The molecule has 0 atom stereocenters. The normalized spacial score (nSPS) is 14.4. The summed E-state index contributed by atoms with van der Waals surface area (Å²) in [6.45, 7) is 1.95. The van der Waals surface area contributed by atoms with Gasteiger partial charge in [0.1, 0.15) is 11.4 Å². The molecular weight excluding hydrogens is 382 g/mol. The molecule has 0 aliphatic carbocycles. The Morgan fingerprint density at radius 3 is 2.53 bits per heavy atom. The smallest absolute Gasteiger partial charge is 0.270 e. The van der Waals surface area contributed by atoms with E-state index in [1.807, 2.05) is 48.7 Å². The number of H-pyrrole nitrogens is 1. The molecule has 8 nitrogen and oxygen atoms in total. The van der Waals surface area contributed by atoms with Crippen LogP contribution in [0, 0.1) is 0 Å². The highest BCUT2D eigenvalue weighted by Crippen LogP contribution is 2.22. The number of nitrogens with one attached hydrogen (secondary N) is 1. The summed E-state index contributed by atoms with van der Waals surface area (Å²) in [7, 11) is 1.62. The molecule has 152 valence electrons. The van der Waals surface area contributed by atoms with E-state index in [0.29, 0.717) is 37.4 Å². The second kappa shape index (κ2) is 7.22. The lowest BCUT2D eigenvalue weighted by Gasteiger charge is -2.34. The average molecular weight is 403 g/mol. The lowest BCUT2D eigenvalue weighted by atomic mass is 10.2. The molecule has 0 unspecified atom stereocenters. The number of piperazine rings is 1. The number of fused-ring (bicyclic) bond motifs is 2. The fraction of sp³-hybridized carbons (Fsp3) is 0.227. The number of benzene rings is 1. The second-order valence-corrected chi connectivity index (χ2v) is 7.31. The second-order valence-electron chi connectivity index (χ2n) is 7.31. The van der Waals surface area contributed by atoms with Crippen LogP contribution >= 0.6 is 0 Å². The fourth-order valence-electron chi connectivity index (χ4n) is 3.90. The fourth-order valence-corrected chi connectivity index (χ4v) is 3.90. The van der Waals surface area contributed by atoms with Gasteiger partial charge < -0.3 is 19.5 Å². The number of pyridine rings is 1. The topological polar surface area (TPSA) is 82.9 Å². The van der Waals surface area contributed by atoms with Crippen molar-refractivity contribution in [1.82, 2.24) is 24.4 Å². The molecule has 1 aromatic carbocycles. The van der Waals surface area contributed by atoms with Crippen LogP contribution < -0.4 is 4.74 Å². The summed E-state index contributed by atoms with van der Waals surface area (Å²) >= 11 is 0. The molecule has 1 N–H and O–H groups in total. The maximum Gasteiger partial charge on any atom is 0.270 e. The number of aromatic nitrogens is 3. The third-order valence-electron chi connectivity index (χ3n) is 5.57. The van der Waals surface area contributed by atoms with Crippen molar-refractivity contribution in [3.63, 3.8) is 0 Å². The molecule has 5 rings (SSSR count). The Morgan fingerprint density at radius 2 is 1.77 bits per heavy atom. The van der Waals surface area contributed by atoms with Gasteiger partial charge >= 0.3 is 0 Å². The first-order valence-electron chi connectivity index (χ1n) is 9.82. The Balaban J connectivity index is 1.28. The van der Waals surface area contributed by atoms with E-state index in [0.717, 1.165) is 22.2 Å². The molecular formula is C22H21N5O3. The summed E-state index contributed by atoms with van der Waals surface area (Å²) in [4.78, 5) is 32.6. The number of nitrogens with zero attached hydrogens (tertiary/aromatic N) is 4. The predicted molar refractivity (Wildman–Crippen MR) is 112 cm³/mol. The molecule has 3 aromatic heterocycles. The van der Waals surface area contributed by atoms with E-state index in [1.165, 1.54) is 0 Å². The minimum atomic E-state index is -0.0618. The van der Waals surface area contributed by atoms with Gasteiger partial charge in [0.25, 0.3) is 11.8 Å². The molecule has 30 heavy (non-hydrogen) atoms. The van der Waals surface area contributed by atoms with Crippen LogP contribution in [0.4, 0.5) is 0 Å². The lowest BCUT2D eigenvalue weighted by molar-refractivity contribution is 0.0534. The molecule has 2 amide bonds. The lowest BCUT2D eigenvalue weighted by Crippen LogP contribution is -2.50. The van der Waals surface area contributed by atoms with Gasteiger partial charge in [-0.3, -0.25) is 9.59 Å². The van der Waals surface area contributed by atoms with E-state index >= 15 is 0 Å². The zero-order valence-electron chi connectivity index (χ0n) is 16.5. The van der Waals surface area contributed by atoms with Crippen molar-refractivity contribution in [2.45, 2.75) is 0 Å². The molecule has 0 saturated carbocycles. The molecule has 1 aliphatic heterocycles. The third-order valence-corrected chi connectivity index (χ3v) is 5.57. The van der Waals surface area contributed by atoms with Gasteiger partial charge in [0, 0.05) is 49.3 Å². The van der Waals surface area contributed by atoms with Crippen molar-refractivity contribution >= 4 is 28.2 Å². The van der Waals surface area contributed by atoms with Gasteiger partial charge in [0.05, 0.1) is 24.4 Å². The van der Waals surface area contributed by atoms with Crippen LogP contribution in [-0.2, 0) is 0 Å². The van der Waals surface area contributed by atoms with Gasteiger partial charge in [-0.2, -0.15) is 5.10 Å². The standard InChI is InChI=1S/C22H21N5O3/c1-30-16-6-5-15-12-19(24-18(15)13-16)22(29)26-10-8-25(9-11-26)21(28)17-14-23-27-7-3-2-4-20(17)27/h2-7,12-14,24H,8-11H2,1H3. The zero-order valence-corrected chi connectivity index (χ0v) is 16.5. The van der Waals surface area contributed by atoms with Crippen LogP contribution in [0.3, 0.4) is 0 Å². The summed E-state index contributed by atoms with van der Waals surface area (Å²) in [5.74, 6) is 0.623. The minimum absolute atomic E-state index is 0.0546. The van der Waals surface area contributed by atoms with E-state index in [-0.39, 0.29) is 11.8 Å². The third kappa shape index (κ3) is 3.06. The van der Waals surface area contributed by atoms with E-state index in [4.69, 9.17) is 4.74 Å². The predicted octanol–water partition coefficient (Wildman–Crippen LogP) is 2.42. The van der Waals surface area contributed by atoms with Gasteiger partial charge in [0.2, 0.25) is 0 Å². The number of hydrogen-bond acceptors (Lipinski definition) is 4. The van der Waals surface area contributed by atoms with Crippen molar-refractivity contribution in [2.24, 2.45) is 0 Å². The summed E-state index contributed by atoms with van der Waals surface area (Å²) in [5, 5.41) is 5.20. The first-order chi connectivity index (χ1) is 14.6. The summed E-state index contributed by atoms with van der Waals surface area (Å²) in [5.41, 5.74) is 2.77. The molecule has 1 saturated heterocycles. The quantitative estimate of drug-likeness (QED) is 0.570. The van der Waals surface area contributed by atoms with Gasteiger partial charge in [-0.25, -0.2) is 4.52 Å². The van der Waals surface area contributed by atoms with Crippen molar-refractivity contribution < 1.29 is 14.3 Å². The number of carbonyl (C=O) groups excluding carboxylic acids is 2. The van der Waals surface area contributed by atoms with E-state index in [2.05, 4.69) is 10.1 Å². The van der Waals surface area contributed by atoms with E-state index in [1.54, 1.807) is 27.6 Å². The first kappa shape index (κ1) is 18.2. The SMILES string of the molecule is COc1ccc2cc(C(=O)N3CCN(C(=O)c4cnn5ccccc45)CC3)[nH]c2c1. The average Bonchev–Trinajstić information content (AvgIpc) is 3.42. The highest BCUT2D eigenvalue weighted by Gasteiger charge is 2.27.